The second kappa shape index (κ2) is 7.67. The molecule has 25 heavy (non-hydrogen) atoms. The molecule has 1 amide bonds. The van der Waals surface area contributed by atoms with Crippen molar-refractivity contribution in [1.82, 2.24) is 20.1 Å². The van der Waals surface area contributed by atoms with Gasteiger partial charge in [-0.2, -0.15) is 4.31 Å². The molecule has 2 fully saturated rings. The number of carbonyl (C=O) groups is 1. The maximum Gasteiger partial charge on any atom is 0.273 e. The zero-order valence-electron chi connectivity index (χ0n) is 14.3. The van der Waals surface area contributed by atoms with Crippen molar-refractivity contribution in [3.63, 3.8) is 0 Å². The number of hydrogen-bond donors (Lipinski definition) is 2. The largest absolute Gasteiger partial charge is 0.360 e. The smallest absolute Gasteiger partial charge is 0.273 e. The average molecular weight is 368 g/mol. The highest BCUT2D eigenvalue weighted by Gasteiger charge is 2.30. The van der Waals surface area contributed by atoms with Crippen LogP contribution in [0.2, 0.25) is 0 Å². The van der Waals surface area contributed by atoms with Gasteiger partial charge in [0.2, 0.25) is 10.0 Å². The average Bonchev–Trinajstić information content (AvgIpc) is 3.32. The first kappa shape index (κ1) is 18.1. The van der Waals surface area contributed by atoms with Crippen LogP contribution in [0.1, 0.15) is 47.8 Å². The third-order valence-corrected chi connectivity index (χ3v) is 6.10. The molecule has 0 bridgehead atoms. The summed E-state index contributed by atoms with van der Waals surface area (Å²) in [5.41, 5.74) is 0.298. The molecule has 1 aromatic rings. The minimum atomic E-state index is -3.39. The summed E-state index contributed by atoms with van der Waals surface area (Å²) in [4.78, 5) is 12.2. The normalized spacial score (nSPS) is 20.2. The van der Waals surface area contributed by atoms with Crippen LogP contribution in [0.4, 0.5) is 0 Å². The van der Waals surface area contributed by atoms with Crippen molar-refractivity contribution in [3.05, 3.63) is 29.0 Å². The predicted molar refractivity (Wildman–Crippen MR) is 92.5 cm³/mol. The molecule has 3 rings (SSSR count). The van der Waals surface area contributed by atoms with Gasteiger partial charge in [0.15, 0.2) is 5.69 Å². The number of sulfonamides is 1. The van der Waals surface area contributed by atoms with Crippen molar-refractivity contribution in [2.75, 3.05) is 26.7 Å². The molecule has 1 aliphatic heterocycles. The Labute approximate surface area is 147 Å². The molecule has 0 atom stereocenters. The highest BCUT2D eigenvalue weighted by atomic mass is 32.2. The maximum atomic E-state index is 12.2. The standard InChI is InChI=1S/C16H24N4O4S/c1-17-7-2-10-25(22,23)20-8-5-13(6-9-20)18-16(21)14-11-15(24-19-14)12-3-4-12/h2,10-13,17H,3-9H2,1H3,(H,18,21)/b10-2+. The van der Waals surface area contributed by atoms with Gasteiger partial charge in [0.05, 0.1) is 0 Å². The lowest BCUT2D eigenvalue weighted by molar-refractivity contribution is 0.0914. The van der Waals surface area contributed by atoms with Gasteiger partial charge in [-0.05, 0) is 32.7 Å². The predicted octanol–water partition coefficient (Wildman–Crippen LogP) is 0.809. The molecular formula is C16H24N4O4S. The van der Waals surface area contributed by atoms with Crippen molar-refractivity contribution in [2.24, 2.45) is 0 Å². The van der Waals surface area contributed by atoms with E-state index in [1.54, 1.807) is 19.2 Å². The summed E-state index contributed by atoms with van der Waals surface area (Å²) < 4.78 is 31.0. The van der Waals surface area contributed by atoms with Gasteiger partial charge in [0.1, 0.15) is 5.76 Å². The molecule has 2 N–H and O–H groups in total. The highest BCUT2D eigenvalue weighted by Crippen LogP contribution is 2.40. The maximum absolute atomic E-state index is 12.2. The summed E-state index contributed by atoms with van der Waals surface area (Å²) in [5, 5.41) is 10.9. The Bertz CT molecular complexity index is 731. The number of rotatable bonds is 7. The first-order valence-electron chi connectivity index (χ1n) is 8.58. The number of amides is 1. The van der Waals surface area contributed by atoms with E-state index >= 15 is 0 Å². The van der Waals surface area contributed by atoms with E-state index < -0.39 is 10.0 Å². The molecule has 0 spiro atoms. The Morgan fingerprint density at radius 3 is 2.72 bits per heavy atom. The van der Waals surface area contributed by atoms with Crippen LogP contribution in [-0.2, 0) is 10.0 Å². The van der Waals surface area contributed by atoms with Crippen LogP contribution in [0.25, 0.3) is 0 Å². The number of likely N-dealkylation sites (N-methyl/N-ethyl adjacent to an activating group) is 1. The van der Waals surface area contributed by atoms with E-state index in [1.165, 1.54) is 9.71 Å². The Hall–Kier alpha value is -1.71. The summed E-state index contributed by atoms with van der Waals surface area (Å²) >= 11 is 0. The molecule has 1 aromatic heterocycles. The van der Waals surface area contributed by atoms with E-state index in [0.29, 0.717) is 44.1 Å². The van der Waals surface area contributed by atoms with Crippen LogP contribution in [0, 0.1) is 0 Å². The van der Waals surface area contributed by atoms with Crippen molar-refractivity contribution in [2.45, 2.75) is 37.6 Å². The summed E-state index contributed by atoms with van der Waals surface area (Å²) in [7, 11) is -1.63. The number of piperidine rings is 1. The molecule has 1 aliphatic carbocycles. The van der Waals surface area contributed by atoms with Crippen molar-refractivity contribution in [1.29, 1.82) is 0 Å². The summed E-state index contributed by atoms with van der Waals surface area (Å²) in [6.45, 7) is 1.29. The van der Waals surface area contributed by atoms with E-state index in [-0.39, 0.29) is 11.9 Å². The first-order valence-corrected chi connectivity index (χ1v) is 10.1. The third kappa shape index (κ3) is 4.68. The zero-order chi connectivity index (χ0) is 17.9. The molecule has 0 aromatic carbocycles. The molecule has 1 saturated carbocycles. The lowest BCUT2D eigenvalue weighted by Gasteiger charge is -2.30. The minimum absolute atomic E-state index is 0.0543. The Morgan fingerprint density at radius 1 is 1.36 bits per heavy atom. The monoisotopic (exact) mass is 368 g/mol. The number of nitrogens with zero attached hydrogens (tertiary/aromatic N) is 2. The first-order chi connectivity index (χ1) is 12.0. The number of carbonyl (C=O) groups excluding carboxylic acids is 1. The second-order valence-electron chi connectivity index (χ2n) is 6.51. The zero-order valence-corrected chi connectivity index (χ0v) is 15.1. The molecule has 138 valence electrons. The van der Waals surface area contributed by atoms with Gasteiger partial charge in [-0.3, -0.25) is 4.79 Å². The SMILES string of the molecule is CNC/C=C/S(=O)(=O)N1CCC(NC(=O)c2cc(C3CC3)on2)CC1. The van der Waals surface area contributed by atoms with Crippen LogP contribution in [0.5, 0.6) is 0 Å². The van der Waals surface area contributed by atoms with Gasteiger partial charge in [0, 0.05) is 43.1 Å². The number of aromatic nitrogens is 1. The van der Waals surface area contributed by atoms with Gasteiger partial charge in [-0.1, -0.05) is 11.2 Å². The van der Waals surface area contributed by atoms with E-state index in [0.717, 1.165) is 18.6 Å². The topological polar surface area (TPSA) is 105 Å². The molecule has 1 saturated heterocycles. The molecule has 0 radical (unpaired) electrons. The van der Waals surface area contributed by atoms with Crippen molar-refractivity contribution < 1.29 is 17.7 Å². The van der Waals surface area contributed by atoms with Gasteiger partial charge < -0.3 is 15.2 Å². The Kier molecular flexibility index (Phi) is 5.55. The highest BCUT2D eigenvalue weighted by molar-refractivity contribution is 7.92. The van der Waals surface area contributed by atoms with Crippen LogP contribution >= 0.6 is 0 Å². The fourth-order valence-corrected chi connectivity index (χ4v) is 4.08. The quantitative estimate of drug-likeness (QED) is 0.738. The van der Waals surface area contributed by atoms with Crippen LogP contribution < -0.4 is 10.6 Å². The molecule has 2 heterocycles. The summed E-state index contributed by atoms with van der Waals surface area (Å²) in [5.74, 6) is 0.934. The van der Waals surface area contributed by atoms with E-state index in [4.69, 9.17) is 4.52 Å². The van der Waals surface area contributed by atoms with Crippen molar-refractivity contribution in [3.8, 4) is 0 Å². The van der Waals surface area contributed by atoms with Crippen LogP contribution in [0.3, 0.4) is 0 Å². The van der Waals surface area contributed by atoms with E-state index in [2.05, 4.69) is 15.8 Å². The van der Waals surface area contributed by atoms with E-state index in [9.17, 15) is 13.2 Å². The van der Waals surface area contributed by atoms with Gasteiger partial charge in [-0.15, -0.1) is 0 Å². The Balaban J connectivity index is 1.49. The number of nitrogens with one attached hydrogen (secondary N) is 2. The van der Waals surface area contributed by atoms with Crippen molar-refractivity contribution >= 4 is 15.9 Å². The van der Waals surface area contributed by atoms with Gasteiger partial charge >= 0.3 is 0 Å². The Morgan fingerprint density at radius 2 is 2.08 bits per heavy atom. The third-order valence-electron chi connectivity index (χ3n) is 4.48. The molecule has 2 aliphatic rings. The fraction of sp³-hybridized carbons (Fsp3) is 0.625. The molecule has 9 heteroatoms. The summed E-state index contributed by atoms with van der Waals surface area (Å²) in [6, 6.07) is 1.65. The minimum Gasteiger partial charge on any atom is -0.360 e. The lowest BCUT2D eigenvalue weighted by atomic mass is 10.1. The van der Waals surface area contributed by atoms with Gasteiger partial charge in [0.25, 0.3) is 5.91 Å². The number of hydrogen-bond acceptors (Lipinski definition) is 6. The van der Waals surface area contributed by atoms with E-state index in [1.807, 2.05) is 0 Å². The fourth-order valence-electron chi connectivity index (χ4n) is 2.84. The van der Waals surface area contributed by atoms with Gasteiger partial charge in [-0.25, -0.2) is 8.42 Å². The summed E-state index contributed by atoms with van der Waals surface area (Å²) in [6.07, 6.45) is 4.93. The lowest BCUT2D eigenvalue weighted by Crippen LogP contribution is -2.46. The molecular weight excluding hydrogens is 344 g/mol. The van der Waals surface area contributed by atoms with Crippen LogP contribution in [0.15, 0.2) is 22.1 Å². The van der Waals surface area contributed by atoms with Crippen LogP contribution in [-0.4, -0.2) is 56.5 Å². The molecule has 8 nitrogen and oxygen atoms in total. The molecule has 0 unspecified atom stereocenters. The second-order valence-corrected chi connectivity index (χ2v) is 8.33.